The molecule has 0 bridgehead atoms. The van der Waals surface area contributed by atoms with Gasteiger partial charge in [0.25, 0.3) is 0 Å². The van der Waals surface area contributed by atoms with Crippen LogP contribution >= 0.6 is 11.6 Å². The second-order valence-electron chi connectivity index (χ2n) is 6.18. The Labute approximate surface area is 159 Å². The molecule has 1 atom stereocenters. The minimum atomic E-state index is -3.19. The molecule has 0 saturated carbocycles. The van der Waals surface area contributed by atoms with E-state index in [1.54, 1.807) is 0 Å². The summed E-state index contributed by atoms with van der Waals surface area (Å²) in [6, 6.07) is 17.0. The number of sulfone groups is 1. The molecule has 5 heteroatoms. The van der Waals surface area contributed by atoms with Gasteiger partial charge in [-0.2, -0.15) is 0 Å². The van der Waals surface area contributed by atoms with Crippen LogP contribution in [0, 0.1) is 6.92 Å². The molecule has 0 aliphatic heterocycles. The summed E-state index contributed by atoms with van der Waals surface area (Å²) in [4.78, 5) is 4.59. The minimum absolute atomic E-state index is 0.305. The van der Waals surface area contributed by atoms with E-state index in [2.05, 4.69) is 11.9 Å². The molecule has 3 aromatic rings. The number of hydrogen-bond acceptors (Lipinski definition) is 3. The number of benzene rings is 2. The van der Waals surface area contributed by atoms with Crippen LogP contribution in [-0.2, 0) is 9.84 Å². The lowest BCUT2D eigenvalue weighted by Gasteiger charge is -2.13. The van der Waals surface area contributed by atoms with E-state index >= 15 is 0 Å². The second kappa shape index (κ2) is 7.60. The molecule has 1 aromatic heterocycles. The van der Waals surface area contributed by atoms with Crippen molar-refractivity contribution in [3.8, 4) is 0 Å². The molecule has 3 rings (SSSR count). The van der Waals surface area contributed by atoms with E-state index in [4.69, 9.17) is 11.6 Å². The van der Waals surface area contributed by atoms with Gasteiger partial charge in [0.1, 0.15) is 0 Å². The van der Waals surface area contributed by atoms with Crippen LogP contribution < -0.4 is 0 Å². The Kier molecular flexibility index (Phi) is 5.44. The van der Waals surface area contributed by atoms with Crippen LogP contribution in [0.25, 0.3) is 23.1 Å². The molecule has 0 aliphatic carbocycles. The third-order valence-electron chi connectivity index (χ3n) is 4.18. The summed E-state index contributed by atoms with van der Waals surface area (Å²) in [7, 11) is -3.19. The Morgan fingerprint density at radius 1 is 1.12 bits per heavy atom. The van der Waals surface area contributed by atoms with Crippen molar-refractivity contribution in [3.05, 3.63) is 83.4 Å². The molecule has 26 heavy (non-hydrogen) atoms. The summed E-state index contributed by atoms with van der Waals surface area (Å²) in [5.41, 5.74) is 3.31. The SMILES string of the molecule is [CH2]C[C@@H](c1cccc(C=Cc2ccc3ccc(Cl)cc3n2)c1)S(C)(=O)=O. The highest BCUT2D eigenvalue weighted by Gasteiger charge is 2.20. The Balaban J connectivity index is 1.90. The maximum atomic E-state index is 11.9. The van der Waals surface area contributed by atoms with Gasteiger partial charge in [-0.05, 0) is 41.8 Å². The third kappa shape index (κ3) is 4.32. The molecule has 0 N–H and O–H groups in total. The Morgan fingerprint density at radius 3 is 2.62 bits per heavy atom. The Bertz CT molecular complexity index is 1070. The molecular weight excluding hydrogens is 366 g/mol. The summed E-state index contributed by atoms with van der Waals surface area (Å²) in [6.45, 7) is 3.77. The van der Waals surface area contributed by atoms with E-state index in [0.29, 0.717) is 11.4 Å². The van der Waals surface area contributed by atoms with Crippen molar-refractivity contribution in [2.75, 3.05) is 6.26 Å². The number of halogens is 1. The van der Waals surface area contributed by atoms with E-state index in [1.807, 2.05) is 66.7 Å². The zero-order chi connectivity index (χ0) is 18.7. The fourth-order valence-electron chi connectivity index (χ4n) is 2.87. The summed E-state index contributed by atoms with van der Waals surface area (Å²) < 4.78 is 23.9. The van der Waals surface area contributed by atoms with Gasteiger partial charge in [0.15, 0.2) is 9.84 Å². The van der Waals surface area contributed by atoms with Crippen LogP contribution in [-0.4, -0.2) is 19.7 Å². The monoisotopic (exact) mass is 384 g/mol. The normalized spacial score (nSPS) is 13.3. The van der Waals surface area contributed by atoms with E-state index < -0.39 is 15.1 Å². The predicted octanol–water partition coefficient (Wildman–Crippen LogP) is 5.37. The molecule has 1 radical (unpaired) electrons. The number of pyridine rings is 1. The lowest BCUT2D eigenvalue weighted by atomic mass is 10.1. The van der Waals surface area contributed by atoms with Gasteiger partial charge in [-0.25, -0.2) is 13.4 Å². The zero-order valence-corrected chi connectivity index (χ0v) is 16.0. The molecule has 0 aliphatic rings. The quantitative estimate of drug-likeness (QED) is 0.594. The first-order chi connectivity index (χ1) is 12.4. The lowest BCUT2D eigenvalue weighted by Crippen LogP contribution is -2.10. The molecule has 3 nitrogen and oxygen atoms in total. The summed E-state index contributed by atoms with van der Waals surface area (Å²) >= 11 is 6.03. The fourth-order valence-corrected chi connectivity index (χ4v) is 4.11. The standard InChI is InChI=1S/C21H19ClNO2S/c1-3-21(26(2,24)25)17-6-4-5-15(13-17)7-11-19-12-9-16-8-10-18(22)14-20(16)23-19/h4-14,21H,1,3H2,2H3/t21-/m0/s1. The molecule has 1 heterocycles. The van der Waals surface area contributed by atoms with E-state index in [-0.39, 0.29) is 0 Å². The summed E-state index contributed by atoms with van der Waals surface area (Å²) in [6.07, 6.45) is 5.37. The van der Waals surface area contributed by atoms with Gasteiger partial charge in [0.05, 0.1) is 16.5 Å². The van der Waals surface area contributed by atoms with Crippen molar-refractivity contribution in [2.24, 2.45) is 0 Å². The molecule has 0 unspecified atom stereocenters. The fraction of sp³-hybridized carbons (Fsp3) is 0.143. The maximum Gasteiger partial charge on any atom is 0.154 e. The van der Waals surface area contributed by atoms with Gasteiger partial charge in [0, 0.05) is 16.7 Å². The zero-order valence-electron chi connectivity index (χ0n) is 14.4. The van der Waals surface area contributed by atoms with Crippen molar-refractivity contribution in [2.45, 2.75) is 11.7 Å². The second-order valence-corrected chi connectivity index (χ2v) is 8.85. The van der Waals surface area contributed by atoms with Crippen LogP contribution in [0.1, 0.15) is 28.5 Å². The Hall–Kier alpha value is -2.17. The van der Waals surface area contributed by atoms with E-state index in [0.717, 1.165) is 27.7 Å². The van der Waals surface area contributed by atoms with Crippen molar-refractivity contribution >= 4 is 44.5 Å². The molecule has 0 fully saturated rings. The van der Waals surface area contributed by atoms with Crippen molar-refractivity contribution < 1.29 is 8.42 Å². The van der Waals surface area contributed by atoms with E-state index in [9.17, 15) is 8.42 Å². The van der Waals surface area contributed by atoms with Crippen LogP contribution in [0.2, 0.25) is 5.02 Å². The van der Waals surface area contributed by atoms with Crippen LogP contribution in [0.5, 0.6) is 0 Å². The Morgan fingerprint density at radius 2 is 1.88 bits per heavy atom. The molecular formula is C21H19ClNO2S. The van der Waals surface area contributed by atoms with Gasteiger partial charge in [-0.15, -0.1) is 0 Å². The molecule has 2 aromatic carbocycles. The molecule has 0 spiro atoms. The summed E-state index contributed by atoms with van der Waals surface area (Å²) in [5.74, 6) is 0. The largest absolute Gasteiger partial charge is 0.248 e. The van der Waals surface area contributed by atoms with Gasteiger partial charge in [-0.3, -0.25) is 0 Å². The van der Waals surface area contributed by atoms with Gasteiger partial charge >= 0.3 is 0 Å². The third-order valence-corrected chi connectivity index (χ3v) is 5.96. The number of hydrogen-bond donors (Lipinski definition) is 0. The van der Waals surface area contributed by atoms with Crippen molar-refractivity contribution in [1.29, 1.82) is 0 Å². The number of fused-ring (bicyclic) bond motifs is 1. The number of nitrogens with zero attached hydrogens (tertiary/aromatic N) is 1. The molecule has 133 valence electrons. The smallest absolute Gasteiger partial charge is 0.154 e. The predicted molar refractivity (Wildman–Crippen MR) is 110 cm³/mol. The van der Waals surface area contributed by atoms with Gasteiger partial charge < -0.3 is 0 Å². The highest BCUT2D eigenvalue weighted by Crippen LogP contribution is 2.26. The number of aromatic nitrogens is 1. The first kappa shape index (κ1) is 18.6. The average Bonchev–Trinajstić information content (AvgIpc) is 2.59. The first-order valence-electron chi connectivity index (χ1n) is 8.19. The number of rotatable bonds is 5. The van der Waals surface area contributed by atoms with Gasteiger partial charge in [0.2, 0.25) is 0 Å². The highest BCUT2D eigenvalue weighted by atomic mass is 35.5. The maximum absolute atomic E-state index is 11.9. The first-order valence-corrected chi connectivity index (χ1v) is 10.5. The molecule has 0 amide bonds. The topological polar surface area (TPSA) is 47.0 Å². The van der Waals surface area contributed by atoms with Gasteiger partial charge in [-0.1, -0.05) is 61.0 Å². The van der Waals surface area contributed by atoms with Crippen LogP contribution in [0.4, 0.5) is 0 Å². The lowest BCUT2D eigenvalue weighted by molar-refractivity contribution is 0.588. The van der Waals surface area contributed by atoms with Crippen molar-refractivity contribution in [1.82, 2.24) is 4.98 Å². The average molecular weight is 385 g/mol. The van der Waals surface area contributed by atoms with Crippen LogP contribution in [0.15, 0.2) is 54.6 Å². The van der Waals surface area contributed by atoms with E-state index in [1.165, 1.54) is 6.26 Å². The summed E-state index contributed by atoms with van der Waals surface area (Å²) in [5, 5.41) is 1.09. The molecule has 0 saturated heterocycles. The van der Waals surface area contributed by atoms with Crippen molar-refractivity contribution in [3.63, 3.8) is 0 Å². The minimum Gasteiger partial charge on any atom is -0.248 e. The highest BCUT2D eigenvalue weighted by molar-refractivity contribution is 7.90. The van der Waals surface area contributed by atoms with Crippen LogP contribution in [0.3, 0.4) is 0 Å².